The molecule has 23 aromatic rings. The van der Waals surface area contributed by atoms with Crippen LogP contribution in [-0.4, -0.2) is 24.5 Å². The van der Waals surface area contributed by atoms with E-state index in [0.29, 0.717) is 45.6 Å². The normalized spacial score (nSPS) is 12.0. The third-order valence-electron chi connectivity index (χ3n) is 22.0. The number of hydrogen-bond donors (Lipinski definition) is 0. The number of halogens is 1. The van der Waals surface area contributed by atoms with Crippen LogP contribution in [0, 0.1) is 13.1 Å². The Labute approximate surface area is 637 Å². The molecule has 1 aliphatic carbocycles. The van der Waals surface area contributed by atoms with Gasteiger partial charge in [-0.3, -0.25) is 4.57 Å². The highest BCUT2D eigenvalue weighted by Crippen LogP contribution is 2.47. The zero-order chi connectivity index (χ0) is 73.5. The number of benzene rings is 16. The molecule has 0 radical (unpaired) electrons. The predicted molar refractivity (Wildman–Crippen MR) is 452 cm³/mol. The van der Waals surface area contributed by atoms with Gasteiger partial charge in [0.15, 0.2) is 11.4 Å². The van der Waals surface area contributed by atoms with E-state index >= 15 is 0 Å². The summed E-state index contributed by atoms with van der Waals surface area (Å²) in [6.45, 7) is 14.5. The van der Waals surface area contributed by atoms with Crippen molar-refractivity contribution in [2.75, 3.05) is 0 Å². The Kier molecular flexibility index (Phi) is 14.3. The van der Waals surface area contributed by atoms with Gasteiger partial charge < -0.3 is 17.7 Å². The van der Waals surface area contributed by atoms with Crippen molar-refractivity contribution in [3.63, 3.8) is 0 Å². The summed E-state index contributed by atoms with van der Waals surface area (Å²) >= 11 is 6.32. The van der Waals surface area contributed by atoms with Crippen LogP contribution in [-0.2, 0) is 6.42 Å². The summed E-state index contributed by atoms with van der Waals surface area (Å²) in [6, 6.07) is 108. The summed E-state index contributed by atoms with van der Waals surface area (Å²) in [5.41, 5.74) is 22.0. The van der Waals surface area contributed by atoms with Gasteiger partial charge in [0.25, 0.3) is 0 Å². The third-order valence-corrected chi connectivity index (χ3v) is 22.1. The van der Waals surface area contributed by atoms with Gasteiger partial charge in [-0.05, 0) is 191 Å². The summed E-state index contributed by atoms with van der Waals surface area (Å²) in [5, 5.41) is 20.0. The fourth-order valence-corrected chi connectivity index (χ4v) is 16.9. The Balaban J connectivity index is 0.000000115. The average molecular weight is 1440 g/mol. The van der Waals surface area contributed by atoms with Crippen LogP contribution in [0.2, 0.25) is 5.28 Å². The first-order valence-electron chi connectivity index (χ1n) is 36.6. The van der Waals surface area contributed by atoms with Gasteiger partial charge in [0, 0.05) is 59.6 Å². The topological polar surface area (TPSA) is 118 Å². The molecule has 0 fully saturated rings. The Bertz CT molecular complexity index is 7990. The van der Waals surface area contributed by atoms with E-state index in [9.17, 15) is 0 Å². The molecule has 0 atom stereocenters. The minimum Gasteiger partial charge on any atom is -0.456 e. The maximum absolute atomic E-state index is 7.38. The lowest BCUT2D eigenvalue weighted by Crippen LogP contribution is -2.03. The number of rotatable bonds is 5. The zero-order valence-corrected chi connectivity index (χ0v) is 59.6. The molecule has 111 heavy (non-hydrogen) atoms. The van der Waals surface area contributed by atoms with Gasteiger partial charge in [-0.25, -0.2) is 19.7 Å². The van der Waals surface area contributed by atoms with E-state index in [1.54, 1.807) is 0 Å². The molecule has 0 saturated carbocycles. The van der Waals surface area contributed by atoms with Gasteiger partial charge in [-0.15, -0.1) is 0 Å². The van der Waals surface area contributed by atoms with Crippen LogP contribution in [0.4, 0.5) is 11.4 Å². The second kappa shape index (κ2) is 25.1. The molecule has 7 heterocycles. The fourth-order valence-electron chi connectivity index (χ4n) is 16.7. The van der Waals surface area contributed by atoms with Crippen LogP contribution in [0.1, 0.15) is 11.1 Å². The van der Waals surface area contributed by atoms with E-state index in [-0.39, 0.29) is 5.28 Å². The largest absolute Gasteiger partial charge is 0.456 e. The number of hydrogen-bond acceptors (Lipinski definition) is 8. The Morgan fingerprint density at radius 3 is 1.36 bits per heavy atom. The molecule has 0 amide bonds. The molecule has 7 aromatic heterocycles. The standard InChI is InChI=1S/C49H26N4O2.C29H14ClN3O2.C21H14/c1-50-34-19-14-28(15-20-34)32-17-22-38-44(27-32)55-48-45(38)46(33-18-23-43-40(25-33)36-12-6-7-13-42(36)54-43)51-49(52-48)53-41-26-31-10-3-2-9-30(31)24-39(41)37-21-16-29-8-4-5-11-35(29)47(37)53;1-31-19-10-6-16(7-11-19)17-8-12-21-25(15-17)35-28-26(21)27(32-29(30)33-28)18-9-13-24-22(14-18)20-4-2-3-5-23(20)34-24;1-2-7-16-12-20-17(11-15(16)6-1)13-21-18-8-4-3-5-14(18)9-10-19(20)21/h2-27H;2-15H;1-12H,13H2. The van der Waals surface area contributed by atoms with Crippen LogP contribution in [0.5, 0.6) is 0 Å². The maximum atomic E-state index is 7.38. The van der Waals surface area contributed by atoms with Crippen LogP contribution >= 0.6 is 11.6 Å². The van der Waals surface area contributed by atoms with E-state index in [1.807, 2.05) is 127 Å². The molecule has 11 nitrogen and oxygen atoms in total. The fraction of sp³-hybridized carbons (Fsp3) is 0.0101. The van der Waals surface area contributed by atoms with Crippen molar-refractivity contribution >= 4 is 176 Å². The van der Waals surface area contributed by atoms with Crippen molar-refractivity contribution in [3.05, 3.63) is 355 Å². The molecule has 0 aliphatic heterocycles. The van der Waals surface area contributed by atoms with Crippen molar-refractivity contribution in [1.29, 1.82) is 0 Å². The van der Waals surface area contributed by atoms with E-state index in [4.69, 9.17) is 52.4 Å². The molecule has 16 aromatic carbocycles. The third kappa shape index (κ3) is 10.4. The van der Waals surface area contributed by atoms with Crippen LogP contribution in [0.25, 0.3) is 224 Å². The van der Waals surface area contributed by atoms with Crippen molar-refractivity contribution in [3.8, 4) is 61.8 Å². The Hall–Kier alpha value is -15.0. The van der Waals surface area contributed by atoms with E-state index in [1.165, 1.54) is 49.2 Å². The summed E-state index contributed by atoms with van der Waals surface area (Å²) in [7, 11) is 0. The van der Waals surface area contributed by atoms with Gasteiger partial charge in [0.2, 0.25) is 22.7 Å². The summed E-state index contributed by atoms with van der Waals surface area (Å²) in [6.07, 6.45) is 1.05. The molecule has 516 valence electrons. The van der Waals surface area contributed by atoms with E-state index < -0.39 is 0 Å². The van der Waals surface area contributed by atoms with Crippen molar-refractivity contribution in [2.45, 2.75) is 6.42 Å². The molecule has 0 bridgehead atoms. The van der Waals surface area contributed by atoms with Crippen molar-refractivity contribution < 1.29 is 17.7 Å². The minimum absolute atomic E-state index is 0.124. The number of aromatic nitrogens is 5. The molecule has 24 rings (SSSR count). The molecule has 0 unspecified atom stereocenters. The maximum Gasteiger partial charge on any atom is 0.238 e. The first-order chi connectivity index (χ1) is 54.8. The lowest BCUT2D eigenvalue weighted by atomic mass is 9.98. The quantitative estimate of drug-likeness (QED) is 0.124. The number of furan rings is 4. The van der Waals surface area contributed by atoms with Crippen molar-refractivity contribution in [1.82, 2.24) is 24.5 Å². The molecule has 1 aliphatic rings. The molecule has 0 saturated heterocycles. The monoisotopic (exact) mass is 1440 g/mol. The molecule has 12 heteroatoms. The second-order valence-corrected chi connectivity index (χ2v) is 28.6. The first-order valence-corrected chi connectivity index (χ1v) is 37.0. The van der Waals surface area contributed by atoms with Gasteiger partial charge in [-0.1, -0.05) is 224 Å². The summed E-state index contributed by atoms with van der Waals surface area (Å²) in [5.74, 6) is 0.528. The Morgan fingerprint density at radius 1 is 0.306 bits per heavy atom. The molecule has 0 spiro atoms. The lowest BCUT2D eigenvalue weighted by molar-refractivity contribution is 0.651. The molecule has 0 N–H and O–H groups in total. The Morgan fingerprint density at radius 2 is 0.766 bits per heavy atom. The van der Waals surface area contributed by atoms with Gasteiger partial charge >= 0.3 is 0 Å². The average Bonchev–Trinajstić information content (AvgIpc) is 1.56. The smallest absolute Gasteiger partial charge is 0.238 e. The predicted octanol–water partition coefficient (Wildman–Crippen LogP) is 27.9. The SMILES string of the molecule is [C-]#[N+]c1ccc(-c2ccc3c(c2)oc2nc(-n4c5cc6ccccc6cc5c5ccc6ccccc6c54)nc(-c4ccc5oc6ccccc6c5c4)c23)cc1.[C-]#[N+]c1ccc(-c2ccc3c(c2)oc2nc(Cl)nc(-c4ccc5oc6ccccc6c5c4)c23)cc1.c1ccc2cc3c(cc2c1)Cc1c-3ccc2ccccc12. The lowest BCUT2D eigenvalue weighted by Gasteiger charge is -2.11. The minimum atomic E-state index is 0.124. The van der Waals surface area contributed by atoms with Gasteiger partial charge in [0.05, 0.1) is 46.3 Å². The molecular weight excluding hydrogens is 1390 g/mol. The van der Waals surface area contributed by atoms with Crippen molar-refractivity contribution in [2.24, 2.45) is 0 Å². The highest BCUT2D eigenvalue weighted by molar-refractivity contribution is 6.29. The van der Waals surface area contributed by atoms with Crippen LogP contribution < -0.4 is 0 Å². The zero-order valence-electron chi connectivity index (χ0n) is 58.9. The summed E-state index contributed by atoms with van der Waals surface area (Å²) in [4.78, 5) is 26.8. The number of nitrogens with zero attached hydrogens (tertiary/aromatic N) is 7. The summed E-state index contributed by atoms with van der Waals surface area (Å²) < 4.78 is 27.3. The van der Waals surface area contributed by atoms with Gasteiger partial charge in [-0.2, -0.15) is 9.97 Å². The van der Waals surface area contributed by atoms with E-state index in [2.05, 4.69) is 212 Å². The first kappa shape index (κ1) is 63.3. The highest BCUT2D eigenvalue weighted by atomic mass is 35.5. The van der Waals surface area contributed by atoms with Crippen LogP contribution in [0.3, 0.4) is 0 Å². The van der Waals surface area contributed by atoms with Crippen LogP contribution in [0.15, 0.2) is 333 Å². The van der Waals surface area contributed by atoms with Gasteiger partial charge in [0.1, 0.15) is 33.5 Å². The number of fused-ring (bicyclic) bond motifs is 24. The number of para-hydroxylation sites is 2. The second-order valence-electron chi connectivity index (χ2n) is 28.2. The van der Waals surface area contributed by atoms with E-state index in [0.717, 1.165) is 149 Å². The molecular formula is C99H54ClN7O4. The highest BCUT2D eigenvalue weighted by Gasteiger charge is 2.26.